The summed E-state index contributed by atoms with van der Waals surface area (Å²) in [6.45, 7) is 3.37. The van der Waals surface area contributed by atoms with Gasteiger partial charge in [-0.3, -0.25) is 14.5 Å². The molecule has 0 saturated carbocycles. The molecule has 7 nitrogen and oxygen atoms in total. The molecule has 34 heavy (non-hydrogen) atoms. The Morgan fingerprint density at radius 1 is 1.18 bits per heavy atom. The Labute approximate surface area is 194 Å². The van der Waals surface area contributed by atoms with E-state index < -0.39 is 44.5 Å². The third-order valence-corrected chi connectivity index (χ3v) is 6.85. The lowest BCUT2D eigenvalue weighted by Gasteiger charge is -2.23. The van der Waals surface area contributed by atoms with Gasteiger partial charge >= 0.3 is 0 Å². The fraction of sp³-hybridized carbons (Fsp3) is 0.304. The number of ketones is 1. The molecule has 2 N–H and O–H groups in total. The predicted molar refractivity (Wildman–Crippen MR) is 121 cm³/mol. The Balaban J connectivity index is 1.69. The van der Waals surface area contributed by atoms with Crippen molar-refractivity contribution in [2.75, 3.05) is 30.2 Å². The van der Waals surface area contributed by atoms with Crippen LogP contribution in [0.2, 0.25) is 0 Å². The van der Waals surface area contributed by atoms with Gasteiger partial charge in [-0.05, 0) is 30.7 Å². The number of ether oxygens (including phenoxy) is 1. The molecule has 1 fully saturated rings. The zero-order valence-electron chi connectivity index (χ0n) is 18.2. The number of nitrogens with one attached hydrogen (secondary N) is 2. The number of aromatic nitrogens is 1. The fourth-order valence-electron chi connectivity index (χ4n) is 3.74. The number of hydrogen-bond acceptors (Lipinski definition) is 6. The maximum atomic E-state index is 15.0. The Morgan fingerprint density at radius 2 is 1.97 bits per heavy atom. The fourth-order valence-corrected chi connectivity index (χ4v) is 4.86. The summed E-state index contributed by atoms with van der Waals surface area (Å²) in [5.74, 6) is -6.21. The van der Waals surface area contributed by atoms with Gasteiger partial charge in [0.1, 0.15) is 0 Å². The second kappa shape index (κ2) is 9.69. The molecule has 4 rings (SSSR count). The number of sulfonamides is 1. The number of carbonyl (C=O) groups is 1. The van der Waals surface area contributed by atoms with Crippen LogP contribution in [0.15, 0.2) is 36.4 Å². The van der Waals surface area contributed by atoms with Gasteiger partial charge in [0.15, 0.2) is 23.2 Å². The first-order valence-electron chi connectivity index (χ1n) is 10.6. The molecule has 11 heteroatoms. The van der Waals surface area contributed by atoms with Crippen LogP contribution in [0.5, 0.6) is 0 Å². The first-order chi connectivity index (χ1) is 16.2. The first kappa shape index (κ1) is 24.1. The van der Waals surface area contributed by atoms with Crippen LogP contribution < -0.4 is 10.0 Å². The summed E-state index contributed by atoms with van der Waals surface area (Å²) in [4.78, 5) is 17.5. The van der Waals surface area contributed by atoms with Crippen molar-refractivity contribution in [3.63, 3.8) is 0 Å². The van der Waals surface area contributed by atoms with Gasteiger partial charge in [-0.25, -0.2) is 21.6 Å². The second-order valence-electron chi connectivity index (χ2n) is 7.88. The first-order valence-corrected chi connectivity index (χ1v) is 12.3. The van der Waals surface area contributed by atoms with E-state index in [1.54, 1.807) is 19.1 Å². The van der Waals surface area contributed by atoms with Crippen molar-refractivity contribution in [3.8, 4) is 0 Å². The van der Waals surface area contributed by atoms with Crippen molar-refractivity contribution in [2.45, 2.75) is 19.4 Å². The summed E-state index contributed by atoms with van der Waals surface area (Å²) in [6, 6.07) is 8.02. The highest BCUT2D eigenvalue weighted by molar-refractivity contribution is 7.92. The van der Waals surface area contributed by atoms with Crippen LogP contribution in [0, 0.1) is 17.5 Å². The molecule has 2 heterocycles. The topological polar surface area (TPSA) is 97.4 Å². The maximum Gasteiger partial charge on any atom is 0.232 e. The van der Waals surface area contributed by atoms with E-state index in [1.165, 1.54) is 18.2 Å². The summed E-state index contributed by atoms with van der Waals surface area (Å²) in [6.07, 6.45) is 0.225. The van der Waals surface area contributed by atoms with Crippen molar-refractivity contribution < 1.29 is 31.1 Å². The third kappa shape index (κ3) is 4.91. The molecule has 0 aliphatic carbocycles. The lowest BCUT2D eigenvalue weighted by Crippen LogP contribution is -2.35. The van der Waals surface area contributed by atoms with E-state index in [1.807, 2.05) is 4.72 Å². The standard InChI is InChI=1S/C23H22F3N3O4S/c1-2-9-34(31,32)29-18-11-15(24)21(25)20(22(18)26)23(30)14-4-5-16-13(10-14)3-6-17(28-16)19-12-33-8-7-27-19/h3-6,10-11,19,27,29H,2,7-9,12H2,1H3. The summed E-state index contributed by atoms with van der Waals surface area (Å²) in [7, 11) is -4.00. The minimum absolute atomic E-state index is 0.0788. The molecule has 1 aromatic heterocycles. The molecule has 0 amide bonds. The largest absolute Gasteiger partial charge is 0.378 e. The van der Waals surface area contributed by atoms with Gasteiger partial charge in [0.2, 0.25) is 10.0 Å². The molecular weight excluding hydrogens is 471 g/mol. The van der Waals surface area contributed by atoms with E-state index in [9.17, 15) is 22.0 Å². The van der Waals surface area contributed by atoms with Gasteiger partial charge < -0.3 is 10.1 Å². The van der Waals surface area contributed by atoms with Gasteiger partial charge in [0.05, 0.1) is 47.5 Å². The number of anilines is 1. The van der Waals surface area contributed by atoms with Crippen molar-refractivity contribution >= 4 is 32.4 Å². The molecular formula is C23H22F3N3O4S. The second-order valence-corrected chi connectivity index (χ2v) is 9.73. The number of benzene rings is 2. The van der Waals surface area contributed by atoms with E-state index in [-0.39, 0.29) is 23.8 Å². The Morgan fingerprint density at radius 3 is 2.68 bits per heavy atom. The van der Waals surface area contributed by atoms with E-state index in [0.717, 1.165) is 5.69 Å². The Hall–Kier alpha value is -3.02. The maximum absolute atomic E-state index is 15.0. The summed E-state index contributed by atoms with van der Waals surface area (Å²) < 4.78 is 75.0. The zero-order chi connectivity index (χ0) is 24.5. The number of pyridine rings is 1. The highest BCUT2D eigenvalue weighted by Crippen LogP contribution is 2.28. The van der Waals surface area contributed by atoms with Gasteiger partial charge in [-0.15, -0.1) is 0 Å². The number of rotatable bonds is 7. The molecule has 2 aromatic carbocycles. The Bertz CT molecular complexity index is 1360. The van der Waals surface area contributed by atoms with Crippen LogP contribution in [-0.2, 0) is 14.8 Å². The van der Waals surface area contributed by atoms with Crippen molar-refractivity contribution in [3.05, 3.63) is 70.7 Å². The highest BCUT2D eigenvalue weighted by atomic mass is 32.2. The molecule has 1 aliphatic heterocycles. The van der Waals surface area contributed by atoms with Gasteiger partial charge in [-0.1, -0.05) is 13.0 Å². The minimum Gasteiger partial charge on any atom is -0.378 e. The van der Waals surface area contributed by atoms with Crippen LogP contribution in [0.4, 0.5) is 18.9 Å². The van der Waals surface area contributed by atoms with Crippen molar-refractivity contribution in [2.24, 2.45) is 0 Å². The summed E-state index contributed by atoms with van der Waals surface area (Å²) >= 11 is 0. The van der Waals surface area contributed by atoms with Crippen LogP contribution >= 0.6 is 0 Å². The monoisotopic (exact) mass is 493 g/mol. The van der Waals surface area contributed by atoms with Crippen LogP contribution in [-0.4, -0.2) is 44.7 Å². The van der Waals surface area contributed by atoms with Crippen LogP contribution in [0.25, 0.3) is 10.9 Å². The summed E-state index contributed by atoms with van der Waals surface area (Å²) in [5.41, 5.74) is -0.814. The molecule has 1 aliphatic rings. The molecule has 3 aromatic rings. The molecule has 1 atom stereocenters. The smallest absolute Gasteiger partial charge is 0.232 e. The van der Waals surface area contributed by atoms with E-state index in [0.29, 0.717) is 36.7 Å². The highest BCUT2D eigenvalue weighted by Gasteiger charge is 2.27. The summed E-state index contributed by atoms with van der Waals surface area (Å²) in [5, 5.41) is 3.82. The normalized spacial score (nSPS) is 16.5. The van der Waals surface area contributed by atoms with Gasteiger partial charge in [0.25, 0.3) is 0 Å². The SMILES string of the molecule is CCCS(=O)(=O)Nc1cc(F)c(F)c(C(=O)c2ccc3nc(C4COCCN4)ccc3c2)c1F. The lowest BCUT2D eigenvalue weighted by atomic mass is 9.99. The van der Waals surface area contributed by atoms with Crippen LogP contribution in [0.3, 0.4) is 0 Å². The number of halogens is 3. The van der Waals surface area contributed by atoms with E-state index in [2.05, 4.69) is 10.3 Å². The molecule has 1 unspecified atom stereocenters. The van der Waals surface area contributed by atoms with Crippen molar-refractivity contribution in [1.82, 2.24) is 10.3 Å². The van der Waals surface area contributed by atoms with Gasteiger partial charge in [-0.2, -0.15) is 0 Å². The average molecular weight is 494 g/mol. The molecule has 0 spiro atoms. The quantitative estimate of drug-likeness (QED) is 0.385. The third-order valence-electron chi connectivity index (χ3n) is 5.37. The number of morpholine rings is 1. The molecule has 1 saturated heterocycles. The van der Waals surface area contributed by atoms with E-state index in [4.69, 9.17) is 4.74 Å². The Kier molecular flexibility index (Phi) is 6.87. The minimum atomic E-state index is -4.00. The molecule has 0 radical (unpaired) electrons. The van der Waals surface area contributed by atoms with E-state index >= 15 is 4.39 Å². The number of fused-ring (bicyclic) bond motifs is 1. The van der Waals surface area contributed by atoms with Gasteiger partial charge in [0, 0.05) is 23.6 Å². The number of carbonyl (C=O) groups excluding carboxylic acids is 1. The molecule has 0 bridgehead atoms. The van der Waals surface area contributed by atoms with Crippen LogP contribution in [0.1, 0.15) is 41.0 Å². The molecule has 180 valence electrons. The lowest BCUT2D eigenvalue weighted by molar-refractivity contribution is 0.0757. The van der Waals surface area contributed by atoms with Crippen molar-refractivity contribution in [1.29, 1.82) is 0 Å². The predicted octanol–water partition coefficient (Wildman–Crippen LogP) is 3.70. The number of nitrogens with zero attached hydrogens (tertiary/aromatic N) is 1. The zero-order valence-corrected chi connectivity index (χ0v) is 19.0. The number of hydrogen-bond donors (Lipinski definition) is 2. The average Bonchev–Trinajstić information content (AvgIpc) is 2.82.